The molecule has 0 radical (unpaired) electrons. The fourth-order valence-electron chi connectivity index (χ4n) is 2.30. The molecule has 0 aliphatic rings. The zero-order valence-corrected chi connectivity index (χ0v) is 12.3. The molecule has 3 N–H and O–H groups in total. The molecular formula is C15H18N4O2. The molecule has 2 rings (SSSR count). The highest BCUT2D eigenvalue weighted by atomic mass is 16.6. The predicted octanol–water partition coefficient (Wildman–Crippen LogP) is 3.27. The van der Waals surface area contributed by atoms with Crippen LogP contribution in [0.2, 0.25) is 0 Å². The maximum atomic E-state index is 11.0. The van der Waals surface area contributed by atoms with Crippen LogP contribution >= 0.6 is 0 Å². The number of rotatable bonds is 4. The lowest BCUT2D eigenvalue weighted by atomic mass is 10.1. The van der Waals surface area contributed by atoms with Gasteiger partial charge in [-0.2, -0.15) is 0 Å². The van der Waals surface area contributed by atoms with Crippen molar-refractivity contribution in [1.29, 1.82) is 0 Å². The van der Waals surface area contributed by atoms with Crippen LogP contribution < -0.4 is 16.2 Å². The molecule has 0 aliphatic carbocycles. The van der Waals surface area contributed by atoms with E-state index in [0.717, 1.165) is 11.3 Å². The molecule has 0 bridgehead atoms. The normalized spacial score (nSPS) is 10.3. The molecule has 6 nitrogen and oxygen atoms in total. The number of nitro benzene ring substituents is 1. The van der Waals surface area contributed by atoms with Gasteiger partial charge in [-0.25, -0.2) is 0 Å². The van der Waals surface area contributed by atoms with Gasteiger partial charge in [0.05, 0.1) is 10.6 Å². The topological polar surface area (TPSA) is 84.4 Å². The van der Waals surface area contributed by atoms with Crippen molar-refractivity contribution in [3.8, 4) is 0 Å². The number of nitrogen functional groups attached to an aromatic ring is 1. The quantitative estimate of drug-likeness (QED) is 0.512. The van der Waals surface area contributed by atoms with E-state index in [0.29, 0.717) is 11.4 Å². The van der Waals surface area contributed by atoms with Crippen LogP contribution in [-0.2, 0) is 0 Å². The number of nitrogens with zero attached hydrogens (tertiary/aromatic N) is 2. The monoisotopic (exact) mass is 286 g/mol. The van der Waals surface area contributed by atoms with Crippen molar-refractivity contribution in [3.63, 3.8) is 0 Å². The fourth-order valence-corrected chi connectivity index (χ4v) is 2.30. The highest BCUT2D eigenvalue weighted by molar-refractivity contribution is 5.72. The van der Waals surface area contributed by atoms with Crippen LogP contribution in [0.1, 0.15) is 11.1 Å². The number of nitro groups is 1. The number of hydrogen-bond donors (Lipinski definition) is 2. The van der Waals surface area contributed by atoms with Crippen LogP contribution in [0.25, 0.3) is 0 Å². The summed E-state index contributed by atoms with van der Waals surface area (Å²) in [5, 5.41) is 11.0. The van der Waals surface area contributed by atoms with E-state index >= 15 is 0 Å². The van der Waals surface area contributed by atoms with Gasteiger partial charge in [-0.05, 0) is 31.5 Å². The molecule has 2 aromatic carbocycles. The zero-order valence-electron chi connectivity index (χ0n) is 12.3. The van der Waals surface area contributed by atoms with E-state index < -0.39 is 4.92 Å². The minimum Gasteiger partial charge on any atom is -0.344 e. The molecule has 6 heteroatoms. The Kier molecular flexibility index (Phi) is 4.09. The van der Waals surface area contributed by atoms with Crippen molar-refractivity contribution in [3.05, 3.63) is 57.6 Å². The standard InChI is InChI=1S/C15H18N4O2/c1-10-4-5-15(11(2)6-10)18(3)13-7-12(17-16)8-14(9-13)19(20)21/h4-9,17H,16H2,1-3H3. The largest absolute Gasteiger partial charge is 0.344 e. The van der Waals surface area contributed by atoms with Gasteiger partial charge in [-0.3, -0.25) is 16.0 Å². The van der Waals surface area contributed by atoms with Crippen LogP contribution in [-0.4, -0.2) is 12.0 Å². The minimum absolute atomic E-state index is 0.00272. The minimum atomic E-state index is -0.430. The van der Waals surface area contributed by atoms with Crippen molar-refractivity contribution >= 4 is 22.7 Å². The molecule has 21 heavy (non-hydrogen) atoms. The van der Waals surface area contributed by atoms with E-state index in [1.54, 1.807) is 6.07 Å². The van der Waals surface area contributed by atoms with Crippen LogP contribution in [0.15, 0.2) is 36.4 Å². The fraction of sp³-hybridized carbons (Fsp3) is 0.200. The van der Waals surface area contributed by atoms with Crippen LogP contribution in [0.5, 0.6) is 0 Å². The van der Waals surface area contributed by atoms with Crippen molar-refractivity contribution < 1.29 is 4.92 Å². The molecule has 0 aliphatic heterocycles. The molecule has 110 valence electrons. The summed E-state index contributed by atoms with van der Waals surface area (Å²) in [5.74, 6) is 5.39. The van der Waals surface area contributed by atoms with Crippen molar-refractivity contribution in [1.82, 2.24) is 0 Å². The van der Waals surface area contributed by atoms with E-state index in [-0.39, 0.29) is 5.69 Å². The van der Waals surface area contributed by atoms with E-state index in [1.165, 1.54) is 17.7 Å². The highest BCUT2D eigenvalue weighted by Gasteiger charge is 2.14. The van der Waals surface area contributed by atoms with Gasteiger partial charge in [0, 0.05) is 30.6 Å². The van der Waals surface area contributed by atoms with Gasteiger partial charge in [-0.15, -0.1) is 0 Å². The van der Waals surface area contributed by atoms with E-state index in [4.69, 9.17) is 5.84 Å². The van der Waals surface area contributed by atoms with Crippen molar-refractivity contribution in [2.45, 2.75) is 13.8 Å². The lowest BCUT2D eigenvalue weighted by Crippen LogP contribution is -2.13. The maximum absolute atomic E-state index is 11.0. The van der Waals surface area contributed by atoms with Gasteiger partial charge >= 0.3 is 0 Å². The smallest absolute Gasteiger partial charge is 0.273 e. The summed E-state index contributed by atoms with van der Waals surface area (Å²) in [6.45, 7) is 4.04. The molecule has 2 aromatic rings. The van der Waals surface area contributed by atoms with Crippen molar-refractivity contribution in [2.24, 2.45) is 5.84 Å². The second-order valence-electron chi connectivity index (χ2n) is 4.99. The molecule has 0 aromatic heterocycles. The van der Waals surface area contributed by atoms with Gasteiger partial charge in [0.15, 0.2) is 0 Å². The summed E-state index contributed by atoms with van der Waals surface area (Å²) in [6.07, 6.45) is 0. The van der Waals surface area contributed by atoms with Gasteiger partial charge in [0.25, 0.3) is 5.69 Å². The number of non-ortho nitro benzene ring substituents is 1. The highest BCUT2D eigenvalue weighted by Crippen LogP contribution is 2.32. The summed E-state index contributed by atoms with van der Waals surface area (Å²) in [4.78, 5) is 12.5. The lowest BCUT2D eigenvalue weighted by molar-refractivity contribution is -0.384. The molecule has 0 atom stereocenters. The Morgan fingerprint density at radius 2 is 1.90 bits per heavy atom. The number of hydrogen-bond acceptors (Lipinski definition) is 5. The van der Waals surface area contributed by atoms with Gasteiger partial charge in [-0.1, -0.05) is 17.7 Å². The van der Waals surface area contributed by atoms with E-state index in [9.17, 15) is 10.1 Å². The van der Waals surface area contributed by atoms with Gasteiger partial charge < -0.3 is 10.3 Å². The Morgan fingerprint density at radius 1 is 1.19 bits per heavy atom. The van der Waals surface area contributed by atoms with Crippen LogP contribution in [0.3, 0.4) is 0 Å². The van der Waals surface area contributed by atoms with Crippen molar-refractivity contribution in [2.75, 3.05) is 17.4 Å². The third kappa shape index (κ3) is 3.11. The third-order valence-corrected chi connectivity index (χ3v) is 3.38. The van der Waals surface area contributed by atoms with E-state index in [1.807, 2.05) is 37.9 Å². The zero-order chi connectivity index (χ0) is 15.6. The SMILES string of the molecule is Cc1ccc(N(C)c2cc(NN)cc([N+](=O)[O-])c2)c(C)c1. The third-order valence-electron chi connectivity index (χ3n) is 3.38. The number of benzene rings is 2. The molecule has 0 heterocycles. The second-order valence-corrected chi connectivity index (χ2v) is 4.99. The molecule has 0 saturated carbocycles. The Hall–Kier alpha value is -2.60. The summed E-state index contributed by atoms with van der Waals surface area (Å²) in [5.41, 5.74) is 6.92. The number of hydrazine groups is 1. The molecule has 0 unspecified atom stereocenters. The molecule has 0 spiro atoms. The number of nitrogens with two attached hydrogens (primary N) is 1. The summed E-state index contributed by atoms with van der Waals surface area (Å²) < 4.78 is 0. The second kappa shape index (κ2) is 5.80. The Labute approximate surface area is 123 Å². The molecule has 0 amide bonds. The Bertz CT molecular complexity index is 685. The van der Waals surface area contributed by atoms with Gasteiger partial charge in [0.1, 0.15) is 0 Å². The van der Waals surface area contributed by atoms with Crippen LogP contribution in [0, 0.1) is 24.0 Å². The Morgan fingerprint density at radius 3 is 2.48 bits per heavy atom. The average molecular weight is 286 g/mol. The molecule has 0 saturated heterocycles. The maximum Gasteiger partial charge on any atom is 0.273 e. The first-order valence-corrected chi connectivity index (χ1v) is 6.49. The lowest BCUT2D eigenvalue weighted by Gasteiger charge is -2.22. The van der Waals surface area contributed by atoms with Gasteiger partial charge in [0.2, 0.25) is 0 Å². The number of aryl methyl sites for hydroxylation is 2. The predicted molar refractivity (Wildman–Crippen MR) is 84.9 cm³/mol. The number of nitrogens with one attached hydrogen (secondary N) is 1. The summed E-state index contributed by atoms with van der Waals surface area (Å²) >= 11 is 0. The molecule has 0 fully saturated rings. The number of anilines is 3. The Balaban J connectivity index is 2.49. The molecular weight excluding hydrogens is 268 g/mol. The van der Waals surface area contributed by atoms with Crippen LogP contribution in [0.4, 0.5) is 22.7 Å². The average Bonchev–Trinajstić information content (AvgIpc) is 2.46. The first-order chi connectivity index (χ1) is 9.92. The summed E-state index contributed by atoms with van der Waals surface area (Å²) in [7, 11) is 1.87. The first-order valence-electron chi connectivity index (χ1n) is 6.49. The summed E-state index contributed by atoms with van der Waals surface area (Å²) in [6, 6.07) is 10.8. The van der Waals surface area contributed by atoms with E-state index in [2.05, 4.69) is 11.5 Å². The first kappa shape index (κ1) is 14.8.